The van der Waals surface area contributed by atoms with Crippen LogP contribution in [0.1, 0.15) is 27.2 Å². The zero-order valence-corrected chi connectivity index (χ0v) is 8.78. The van der Waals surface area contributed by atoms with Gasteiger partial charge in [-0.15, -0.1) is 0 Å². The predicted octanol–water partition coefficient (Wildman–Crippen LogP) is 1.23. The van der Waals surface area contributed by atoms with Crippen molar-refractivity contribution in [2.75, 3.05) is 13.7 Å². The summed E-state index contributed by atoms with van der Waals surface area (Å²) in [6, 6.07) is -0.198. The molecule has 0 saturated carbocycles. The third-order valence-electron chi connectivity index (χ3n) is 2.09. The van der Waals surface area contributed by atoms with Crippen LogP contribution in [0.5, 0.6) is 0 Å². The lowest BCUT2D eigenvalue weighted by Gasteiger charge is -2.24. The minimum Gasteiger partial charge on any atom is -0.446 e. The van der Waals surface area contributed by atoms with Gasteiger partial charge in [-0.25, -0.2) is 4.79 Å². The van der Waals surface area contributed by atoms with Crippen LogP contribution >= 0.6 is 0 Å². The number of carbonyl (C=O) groups excluding carboxylic acids is 1. The van der Waals surface area contributed by atoms with Crippen LogP contribution < -0.4 is 0 Å². The molecule has 0 aromatic rings. The summed E-state index contributed by atoms with van der Waals surface area (Å²) < 4.78 is 5.06. The molecule has 0 aliphatic heterocycles. The molecule has 0 aromatic carbocycles. The van der Waals surface area contributed by atoms with Crippen molar-refractivity contribution in [2.24, 2.45) is 0 Å². The van der Waals surface area contributed by atoms with Crippen molar-refractivity contribution in [1.82, 2.24) is 4.90 Å². The number of likely N-dealkylation sites (N-methyl/N-ethyl adjacent to an activating group) is 1. The Bertz CT molecular complexity index is 161. The fourth-order valence-electron chi connectivity index (χ4n) is 0.641. The first kappa shape index (κ1) is 12.2. The van der Waals surface area contributed by atoms with Gasteiger partial charge in [0.2, 0.25) is 0 Å². The van der Waals surface area contributed by atoms with Gasteiger partial charge in [0.1, 0.15) is 6.10 Å². The smallest absolute Gasteiger partial charge is 0.410 e. The standard InChI is InChI=1S/C9H19NO3/c1-5-8(3)13-9(12)10(4)7(2)6-11/h7-8,11H,5-6H2,1-4H3. The van der Waals surface area contributed by atoms with E-state index in [1.165, 1.54) is 4.90 Å². The van der Waals surface area contributed by atoms with Crippen LogP contribution in [0, 0.1) is 0 Å². The second-order valence-electron chi connectivity index (χ2n) is 3.25. The fraction of sp³-hybridized carbons (Fsp3) is 0.889. The van der Waals surface area contributed by atoms with E-state index in [-0.39, 0.29) is 24.8 Å². The molecule has 0 rings (SSSR count). The molecule has 4 heteroatoms. The summed E-state index contributed by atoms with van der Waals surface area (Å²) in [5, 5.41) is 8.80. The van der Waals surface area contributed by atoms with Crippen molar-refractivity contribution in [3.63, 3.8) is 0 Å². The summed E-state index contributed by atoms with van der Waals surface area (Å²) in [5.41, 5.74) is 0. The van der Waals surface area contributed by atoms with Gasteiger partial charge in [-0.3, -0.25) is 0 Å². The van der Waals surface area contributed by atoms with Gasteiger partial charge in [0, 0.05) is 7.05 Å². The molecule has 78 valence electrons. The number of aliphatic hydroxyl groups is 1. The highest BCUT2D eigenvalue weighted by Crippen LogP contribution is 2.03. The van der Waals surface area contributed by atoms with Gasteiger partial charge in [-0.2, -0.15) is 0 Å². The maximum Gasteiger partial charge on any atom is 0.410 e. The minimum atomic E-state index is -0.379. The van der Waals surface area contributed by atoms with Crippen LogP contribution in [0.25, 0.3) is 0 Å². The van der Waals surface area contributed by atoms with Gasteiger partial charge in [-0.1, -0.05) is 6.92 Å². The van der Waals surface area contributed by atoms with E-state index in [2.05, 4.69) is 0 Å². The second kappa shape index (κ2) is 5.80. The average molecular weight is 189 g/mol. The van der Waals surface area contributed by atoms with Crippen molar-refractivity contribution in [2.45, 2.75) is 39.3 Å². The molecule has 2 unspecified atom stereocenters. The lowest BCUT2D eigenvalue weighted by Crippen LogP contribution is -2.38. The molecule has 1 N–H and O–H groups in total. The molecule has 0 heterocycles. The van der Waals surface area contributed by atoms with E-state index >= 15 is 0 Å². The summed E-state index contributed by atoms with van der Waals surface area (Å²) in [6.45, 7) is 5.51. The highest BCUT2D eigenvalue weighted by Gasteiger charge is 2.17. The van der Waals surface area contributed by atoms with Gasteiger partial charge >= 0.3 is 6.09 Å². The molecular formula is C9H19NO3. The van der Waals surface area contributed by atoms with E-state index < -0.39 is 0 Å². The molecule has 1 amide bonds. The summed E-state index contributed by atoms with van der Waals surface area (Å²) in [7, 11) is 1.62. The summed E-state index contributed by atoms with van der Waals surface area (Å²) in [6.07, 6.45) is 0.351. The molecule has 0 fully saturated rings. The average Bonchev–Trinajstić information content (AvgIpc) is 2.14. The maximum atomic E-state index is 11.3. The molecule has 0 saturated heterocycles. The highest BCUT2D eigenvalue weighted by atomic mass is 16.6. The SMILES string of the molecule is CCC(C)OC(=O)N(C)C(C)CO. The normalized spacial score (nSPS) is 14.8. The van der Waals surface area contributed by atoms with Gasteiger partial charge in [0.15, 0.2) is 0 Å². The summed E-state index contributed by atoms with van der Waals surface area (Å²) in [4.78, 5) is 12.7. The van der Waals surface area contributed by atoms with Crippen LogP contribution in [0.3, 0.4) is 0 Å². The van der Waals surface area contributed by atoms with E-state index in [0.29, 0.717) is 0 Å². The Morgan fingerprint density at radius 3 is 2.46 bits per heavy atom. The third-order valence-corrected chi connectivity index (χ3v) is 2.09. The minimum absolute atomic E-state index is 0.0495. The van der Waals surface area contributed by atoms with Gasteiger partial charge < -0.3 is 14.7 Å². The number of hydrogen-bond acceptors (Lipinski definition) is 3. The number of nitrogens with zero attached hydrogens (tertiary/aromatic N) is 1. The topological polar surface area (TPSA) is 49.8 Å². The number of aliphatic hydroxyl groups excluding tert-OH is 1. The van der Waals surface area contributed by atoms with Gasteiger partial charge in [0.25, 0.3) is 0 Å². The Labute approximate surface area is 79.5 Å². The molecule has 13 heavy (non-hydrogen) atoms. The largest absolute Gasteiger partial charge is 0.446 e. The Balaban J connectivity index is 3.96. The lowest BCUT2D eigenvalue weighted by atomic mass is 10.3. The van der Waals surface area contributed by atoms with Crippen LogP contribution in [0.4, 0.5) is 4.79 Å². The third kappa shape index (κ3) is 4.12. The Kier molecular flexibility index (Phi) is 5.46. The monoisotopic (exact) mass is 189 g/mol. The van der Waals surface area contributed by atoms with Crippen molar-refractivity contribution in [1.29, 1.82) is 0 Å². The van der Waals surface area contributed by atoms with E-state index in [4.69, 9.17) is 9.84 Å². The number of amides is 1. The van der Waals surface area contributed by atoms with E-state index in [1.54, 1.807) is 14.0 Å². The molecule has 2 atom stereocenters. The van der Waals surface area contributed by atoms with E-state index in [0.717, 1.165) is 6.42 Å². The quantitative estimate of drug-likeness (QED) is 0.723. The Morgan fingerprint density at radius 1 is 1.54 bits per heavy atom. The van der Waals surface area contributed by atoms with Crippen molar-refractivity contribution < 1.29 is 14.6 Å². The maximum absolute atomic E-state index is 11.3. The number of hydrogen-bond donors (Lipinski definition) is 1. The van der Waals surface area contributed by atoms with E-state index in [1.807, 2.05) is 13.8 Å². The Hall–Kier alpha value is -0.770. The molecular weight excluding hydrogens is 170 g/mol. The molecule has 0 bridgehead atoms. The zero-order valence-electron chi connectivity index (χ0n) is 8.78. The summed E-state index contributed by atoms with van der Waals surface area (Å²) >= 11 is 0. The number of carbonyl (C=O) groups is 1. The fourth-order valence-corrected chi connectivity index (χ4v) is 0.641. The van der Waals surface area contributed by atoms with Gasteiger partial charge in [0.05, 0.1) is 12.6 Å². The van der Waals surface area contributed by atoms with Gasteiger partial charge in [-0.05, 0) is 20.3 Å². The zero-order chi connectivity index (χ0) is 10.4. The van der Waals surface area contributed by atoms with Crippen LogP contribution in [0.15, 0.2) is 0 Å². The Morgan fingerprint density at radius 2 is 2.08 bits per heavy atom. The van der Waals surface area contributed by atoms with Crippen LogP contribution in [-0.2, 0) is 4.74 Å². The van der Waals surface area contributed by atoms with Crippen molar-refractivity contribution >= 4 is 6.09 Å². The first-order valence-corrected chi connectivity index (χ1v) is 4.57. The lowest BCUT2D eigenvalue weighted by molar-refractivity contribution is 0.0571. The van der Waals surface area contributed by atoms with Crippen molar-refractivity contribution in [3.8, 4) is 0 Å². The van der Waals surface area contributed by atoms with Crippen LogP contribution in [-0.4, -0.2) is 41.9 Å². The molecule has 0 spiro atoms. The first-order valence-electron chi connectivity index (χ1n) is 4.57. The number of ether oxygens (including phenoxy) is 1. The van der Waals surface area contributed by atoms with E-state index in [9.17, 15) is 4.79 Å². The predicted molar refractivity (Wildman–Crippen MR) is 50.5 cm³/mol. The molecule has 4 nitrogen and oxygen atoms in total. The second-order valence-corrected chi connectivity index (χ2v) is 3.25. The van der Waals surface area contributed by atoms with Crippen molar-refractivity contribution in [3.05, 3.63) is 0 Å². The molecule has 0 aliphatic rings. The molecule has 0 aromatic heterocycles. The van der Waals surface area contributed by atoms with Crippen LogP contribution in [0.2, 0.25) is 0 Å². The number of rotatable bonds is 4. The molecule has 0 radical (unpaired) electrons. The summed E-state index contributed by atoms with van der Waals surface area (Å²) in [5.74, 6) is 0. The first-order chi connectivity index (χ1) is 6.02. The molecule has 0 aliphatic carbocycles. The highest BCUT2D eigenvalue weighted by molar-refractivity contribution is 5.67.